The second-order valence-electron chi connectivity index (χ2n) is 9.21. The van der Waals surface area contributed by atoms with Crippen LogP contribution >= 0.6 is 0 Å². The average Bonchev–Trinajstić information content (AvgIpc) is 2.41. The summed E-state index contributed by atoms with van der Waals surface area (Å²) in [7, 11) is 0. The minimum atomic E-state index is 1.16. The summed E-state index contributed by atoms with van der Waals surface area (Å²) < 4.78 is 0. The van der Waals surface area contributed by atoms with E-state index in [1.54, 1.807) is 77.0 Å². The maximum atomic E-state index is 1.65. The molecule has 7 saturated carbocycles. The molecule has 0 aromatic carbocycles. The quantitative estimate of drug-likeness (QED) is 0.533. The summed E-state index contributed by atoms with van der Waals surface area (Å²) in [6.45, 7) is 0. The van der Waals surface area contributed by atoms with E-state index in [1.165, 1.54) is 35.5 Å². The first-order chi connectivity index (χ1) is 9.90. The highest BCUT2D eigenvalue weighted by Gasteiger charge is 2.52. The van der Waals surface area contributed by atoms with E-state index in [-0.39, 0.29) is 0 Å². The van der Waals surface area contributed by atoms with Crippen molar-refractivity contribution in [1.29, 1.82) is 0 Å². The van der Waals surface area contributed by atoms with Crippen molar-refractivity contribution in [2.24, 2.45) is 47.3 Å². The Bertz CT molecular complexity index is 324. The Morgan fingerprint density at radius 3 is 1.10 bits per heavy atom. The molecule has 7 aliphatic rings. The van der Waals surface area contributed by atoms with Gasteiger partial charge in [-0.2, -0.15) is 0 Å². The molecule has 0 radical (unpaired) electrons. The summed E-state index contributed by atoms with van der Waals surface area (Å²) >= 11 is 0. The van der Waals surface area contributed by atoms with Crippen LogP contribution in [0.2, 0.25) is 0 Å². The van der Waals surface area contributed by atoms with Crippen LogP contribution in [0.4, 0.5) is 0 Å². The van der Waals surface area contributed by atoms with Crippen LogP contribution in [-0.4, -0.2) is 0 Å². The van der Waals surface area contributed by atoms with Gasteiger partial charge in [0.1, 0.15) is 0 Å². The zero-order valence-electron chi connectivity index (χ0n) is 13.1. The monoisotopic (exact) mass is 272 g/mol. The molecule has 0 aromatic rings. The molecule has 4 bridgehead atoms. The third-order valence-electron chi connectivity index (χ3n) is 8.60. The minimum Gasteiger partial charge on any atom is -0.0530 e. The zero-order valence-corrected chi connectivity index (χ0v) is 13.1. The van der Waals surface area contributed by atoms with Crippen molar-refractivity contribution in [3.63, 3.8) is 0 Å². The predicted molar refractivity (Wildman–Crippen MR) is 83.3 cm³/mol. The fourth-order valence-corrected chi connectivity index (χ4v) is 7.50. The molecular weight excluding hydrogens is 240 g/mol. The van der Waals surface area contributed by atoms with Crippen LogP contribution in [-0.2, 0) is 0 Å². The fourth-order valence-electron chi connectivity index (χ4n) is 7.50. The molecule has 7 aliphatic carbocycles. The molecule has 0 saturated heterocycles. The lowest BCUT2D eigenvalue weighted by Gasteiger charge is -2.59. The number of hydrogen-bond donors (Lipinski definition) is 0. The molecule has 7 fully saturated rings. The van der Waals surface area contributed by atoms with Gasteiger partial charge in [0.15, 0.2) is 0 Å². The van der Waals surface area contributed by atoms with Gasteiger partial charge >= 0.3 is 0 Å². The standard InChI is InChI=1S/C20H32/c1-3-7-19-17(5-1)15-9-13(10-15)14-11-16(12-14)18-6-2-4-8-20(18)19/h13-20H,1-12H2. The van der Waals surface area contributed by atoms with Crippen molar-refractivity contribution < 1.29 is 0 Å². The Balaban J connectivity index is 1.46. The summed E-state index contributed by atoms with van der Waals surface area (Å²) in [6.07, 6.45) is 19.3. The highest BCUT2D eigenvalue weighted by molar-refractivity contribution is 5.02. The summed E-state index contributed by atoms with van der Waals surface area (Å²) in [5.74, 6) is 9.37. The Morgan fingerprint density at radius 1 is 0.350 bits per heavy atom. The van der Waals surface area contributed by atoms with Gasteiger partial charge in [-0.15, -0.1) is 0 Å². The minimum absolute atomic E-state index is 1.16. The Hall–Kier alpha value is 0. The van der Waals surface area contributed by atoms with E-state index in [2.05, 4.69) is 0 Å². The van der Waals surface area contributed by atoms with Gasteiger partial charge in [-0.3, -0.25) is 0 Å². The molecule has 0 aliphatic heterocycles. The lowest BCUT2D eigenvalue weighted by Crippen LogP contribution is -2.50. The van der Waals surface area contributed by atoms with E-state index in [1.807, 2.05) is 0 Å². The number of hydrogen-bond acceptors (Lipinski definition) is 0. The SMILES string of the molecule is C1CCC2C(C1)C1CC(C1)C1CC(C1)C1CCCCC12. The molecule has 0 amide bonds. The molecule has 20 heavy (non-hydrogen) atoms. The molecule has 7 rings (SSSR count). The topological polar surface area (TPSA) is 0 Å². The fraction of sp³-hybridized carbons (Fsp3) is 1.00. The first-order valence-corrected chi connectivity index (χ1v) is 9.90. The van der Waals surface area contributed by atoms with E-state index in [4.69, 9.17) is 0 Å². The summed E-state index contributed by atoms with van der Waals surface area (Å²) in [4.78, 5) is 0. The second-order valence-corrected chi connectivity index (χ2v) is 9.21. The molecule has 0 N–H and O–H groups in total. The third kappa shape index (κ3) is 1.78. The first-order valence-electron chi connectivity index (χ1n) is 9.90. The van der Waals surface area contributed by atoms with Crippen molar-refractivity contribution in [3.8, 4) is 0 Å². The van der Waals surface area contributed by atoms with Crippen molar-refractivity contribution in [1.82, 2.24) is 0 Å². The Labute approximate surface area is 125 Å². The van der Waals surface area contributed by atoms with Gasteiger partial charge in [0.05, 0.1) is 0 Å². The van der Waals surface area contributed by atoms with Crippen LogP contribution in [0.1, 0.15) is 77.0 Å². The molecular formula is C20H32. The molecule has 0 heteroatoms. The van der Waals surface area contributed by atoms with Gasteiger partial charge in [-0.25, -0.2) is 0 Å². The molecule has 4 unspecified atom stereocenters. The lowest BCUT2D eigenvalue weighted by atomic mass is 9.46. The van der Waals surface area contributed by atoms with Crippen LogP contribution in [0, 0.1) is 47.3 Å². The van der Waals surface area contributed by atoms with E-state index in [0.717, 1.165) is 11.8 Å². The van der Waals surface area contributed by atoms with E-state index in [9.17, 15) is 0 Å². The van der Waals surface area contributed by atoms with Crippen molar-refractivity contribution in [2.45, 2.75) is 77.0 Å². The first kappa shape index (κ1) is 12.5. The van der Waals surface area contributed by atoms with Gasteiger partial charge in [0.25, 0.3) is 0 Å². The van der Waals surface area contributed by atoms with Crippen LogP contribution in [0.25, 0.3) is 0 Å². The van der Waals surface area contributed by atoms with Crippen molar-refractivity contribution in [2.75, 3.05) is 0 Å². The third-order valence-corrected chi connectivity index (χ3v) is 8.60. The van der Waals surface area contributed by atoms with Gasteiger partial charge in [0, 0.05) is 0 Å². The summed E-state index contributed by atoms with van der Waals surface area (Å²) in [5, 5.41) is 0. The van der Waals surface area contributed by atoms with Crippen molar-refractivity contribution in [3.05, 3.63) is 0 Å². The van der Waals surface area contributed by atoms with Gasteiger partial charge in [0.2, 0.25) is 0 Å². The lowest BCUT2D eigenvalue weighted by molar-refractivity contribution is -0.0906. The molecule has 0 nitrogen and oxygen atoms in total. The van der Waals surface area contributed by atoms with E-state index < -0.39 is 0 Å². The molecule has 0 spiro atoms. The van der Waals surface area contributed by atoms with Gasteiger partial charge in [-0.1, -0.05) is 25.7 Å². The molecule has 4 atom stereocenters. The Kier molecular flexibility index (Phi) is 2.98. The molecule has 112 valence electrons. The van der Waals surface area contributed by atoms with Crippen LogP contribution in [0.3, 0.4) is 0 Å². The van der Waals surface area contributed by atoms with Crippen molar-refractivity contribution >= 4 is 0 Å². The summed E-state index contributed by atoms with van der Waals surface area (Å²) in [5.41, 5.74) is 0. The predicted octanol–water partition coefficient (Wildman–Crippen LogP) is 5.67. The maximum absolute atomic E-state index is 1.65. The largest absolute Gasteiger partial charge is 0.0530 e. The van der Waals surface area contributed by atoms with Gasteiger partial charge < -0.3 is 0 Å². The van der Waals surface area contributed by atoms with E-state index in [0.29, 0.717) is 0 Å². The zero-order chi connectivity index (χ0) is 13.1. The molecule has 0 aromatic heterocycles. The normalized spacial score (nSPS) is 57.6. The van der Waals surface area contributed by atoms with Gasteiger partial charge in [-0.05, 0) is 98.7 Å². The molecule has 0 heterocycles. The Morgan fingerprint density at radius 2 is 0.700 bits per heavy atom. The van der Waals surface area contributed by atoms with Crippen LogP contribution < -0.4 is 0 Å². The van der Waals surface area contributed by atoms with Crippen LogP contribution in [0.15, 0.2) is 0 Å². The highest BCUT2D eigenvalue weighted by atomic mass is 14.6. The summed E-state index contributed by atoms with van der Waals surface area (Å²) in [6, 6.07) is 0. The number of rotatable bonds is 0. The smallest absolute Gasteiger partial charge is 0.0352 e. The highest BCUT2D eigenvalue weighted by Crippen LogP contribution is 2.61. The van der Waals surface area contributed by atoms with Crippen LogP contribution in [0.5, 0.6) is 0 Å². The maximum Gasteiger partial charge on any atom is -0.0352 e. The average molecular weight is 272 g/mol. The second kappa shape index (κ2) is 4.75. The van der Waals surface area contributed by atoms with E-state index >= 15 is 0 Å².